The molecule has 0 atom stereocenters. The van der Waals surface area contributed by atoms with Crippen LogP contribution in [0.25, 0.3) is 0 Å². The second kappa shape index (κ2) is 8.17. The molecule has 1 saturated heterocycles. The number of aromatic nitrogens is 1. The van der Waals surface area contributed by atoms with Crippen LogP contribution < -0.4 is 5.32 Å². The zero-order valence-corrected chi connectivity index (χ0v) is 15.6. The Balaban J connectivity index is 1.33. The molecule has 28 heavy (non-hydrogen) atoms. The average molecular weight is 377 g/mol. The molecular formula is C22H23N3O3. The van der Waals surface area contributed by atoms with Crippen LogP contribution in [0.2, 0.25) is 0 Å². The van der Waals surface area contributed by atoms with Crippen molar-refractivity contribution in [3.8, 4) is 0 Å². The maximum absolute atomic E-state index is 12.8. The summed E-state index contributed by atoms with van der Waals surface area (Å²) in [6.07, 6.45) is 6.39. The Morgan fingerprint density at radius 1 is 1.04 bits per heavy atom. The van der Waals surface area contributed by atoms with Crippen molar-refractivity contribution in [2.75, 3.05) is 13.1 Å². The number of hydrogen-bond acceptors (Lipinski definition) is 3. The van der Waals surface area contributed by atoms with Gasteiger partial charge in [-0.3, -0.25) is 9.59 Å². The van der Waals surface area contributed by atoms with E-state index in [1.54, 1.807) is 6.07 Å². The molecule has 3 heterocycles. The van der Waals surface area contributed by atoms with Gasteiger partial charge in [-0.25, -0.2) is 0 Å². The summed E-state index contributed by atoms with van der Waals surface area (Å²) in [4.78, 5) is 26.9. The Bertz CT molecular complexity index is 923. The Morgan fingerprint density at radius 3 is 2.54 bits per heavy atom. The van der Waals surface area contributed by atoms with Gasteiger partial charge in [-0.2, -0.15) is 0 Å². The van der Waals surface area contributed by atoms with Gasteiger partial charge in [-0.15, -0.1) is 0 Å². The van der Waals surface area contributed by atoms with Gasteiger partial charge in [0, 0.05) is 31.9 Å². The van der Waals surface area contributed by atoms with E-state index >= 15 is 0 Å². The van der Waals surface area contributed by atoms with Gasteiger partial charge in [0.15, 0.2) is 0 Å². The van der Waals surface area contributed by atoms with Crippen molar-refractivity contribution in [2.24, 2.45) is 0 Å². The molecule has 0 aliphatic carbocycles. The van der Waals surface area contributed by atoms with Gasteiger partial charge < -0.3 is 19.2 Å². The van der Waals surface area contributed by atoms with Gasteiger partial charge in [-0.1, -0.05) is 30.3 Å². The first-order valence-corrected chi connectivity index (χ1v) is 9.52. The van der Waals surface area contributed by atoms with Crippen LogP contribution in [0.4, 0.5) is 0 Å². The summed E-state index contributed by atoms with van der Waals surface area (Å²) in [7, 11) is 0. The van der Waals surface area contributed by atoms with Crippen LogP contribution >= 0.6 is 0 Å². The van der Waals surface area contributed by atoms with Crippen LogP contribution in [-0.2, 0) is 6.54 Å². The summed E-state index contributed by atoms with van der Waals surface area (Å²) in [5, 5.41) is 3.13. The molecule has 144 valence electrons. The highest BCUT2D eigenvalue weighted by Gasteiger charge is 2.25. The molecule has 0 radical (unpaired) electrons. The number of rotatable bonds is 5. The Hall–Kier alpha value is -3.28. The molecule has 0 bridgehead atoms. The number of hydrogen-bond donors (Lipinski definition) is 1. The molecule has 1 fully saturated rings. The lowest BCUT2D eigenvalue weighted by atomic mass is 10.0. The first-order valence-electron chi connectivity index (χ1n) is 9.52. The highest BCUT2D eigenvalue weighted by atomic mass is 16.3. The van der Waals surface area contributed by atoms with Crippen molar-refractivity contribution < 1.29 is 14.0 Å². The van der Waals surface area contributed by atoms with Crippen LogP contribution in [0.5, 0.6) is 0 Å². The minimum absolute atomic E-state index is 0.0183. The van der Waals surface area contributed by atoms with Gasteiger partial charge in [0.25, 0.3) is 11.8 Å². The number of nitrogens with one attached hydrogen (secondary N) is 1. The van der Waals surface area contributed by atoms with Gasteiger partial charge >= 0.3 is 0 Å². The third-order valence-electron chi connectivity index (χ3n) is 5.14. The quantitative estimate of drug-likeness (QED) is 0.743. The Kier molecular flexibility index (Phi) is 5.28. The molecule has 2 amide bonds. The van der Waals surface area contributed by atoms with Gasteiger partial charge in [0.1, 0.15) is 12.0 Å². The number of furan rings is 1. The first kappa shape index (κ1) is 18.1. The van der Waals surface area contributed by atoms with E-state index < -0.39 is 0 Å². The number of likely N-dealkylation sites (tertiary alicyclic amines) is 1. The van der Waals surface area contributed by atoms with Gasteiger partial charge in [-0.05, 0) is 36.6 Å². The van der Waals surface area contributed by atoms with Crippen molar-refractivity contribution in [1.82, 2.24) is 14.8 Å². The molecule has 6 nitrogen and oxygen atoms in total. The lowest BCUT2D eigenvalue weighted by Gasteiger charge is -2.32. The highest BCUT2D eigenvalue weighted by molar-refractivity contribution is 5.94. The van der Waals surface area contributed by atoms with E-state index in [-0.39, 0.29) is 17.9 Å². The van der Waals surface area contributed by atoms with E-state index in [4.69, 9.17) is 4.42 Å². The van der Waals surface area contributed by atoms with Crippen molar-refractivity contribution >= 4 is 11.8 Å². The van der Waals surface area contributed by atoms with Crippen molar-refractivity contribution in [3.05, 3.63) is 84.1 Å². The van der Waals surface area contributed by atoms with E-state index in [0.717, 1.165) is 18.4 Å². The van der Waals surface area contributed by atoms with Gasteiger partial charge in [0.05, 0.1) is 11.8 Å². The molecular weight excluding hydrogens is 354 g/mol. The zero-order valence-electron chi connectivity index (χ0n) is 15.6. The number of nitrogens with zero attached hydrogens (tertiary/aromatic N) is 2. The van der Waals surface area contributed by atoms with Crippen molar-refractivity contribution in [1.29, 1.82) is 0 Å². The minimum atomic E-state index is -0.0689. The maximum Gasteiger partial charge on any atom is 0.268 e. The van der Waals surface area contributed by atoms with Crippen LogP contribution in [0.1, 0.15) is 39.3 Å². The molecule has 6 heteroatoms. The Labute approximate surface area is 163 Å². The number of piperidine rings is 1. The van der Waals surface area contributed by atoms with E-state index in [1.165, 1.54) is 12.5 Å². The second-order valence-electron chi connectivity index (χ2n) is 7.06. The fourth-order valence-electron chi connectivity index (χ4n) is 3.59. The van der Waals surface area contributed by atoms with Crippen molar-refractivity contribution in [3.63, 3.8) is 0 Å². The van der Waals surface area contributed by atoms with E-state index in [2.05, 4.69) is 17.4 Å². The van der Waals surface area contributed by atoms with Crippen LogP contribution in [0.15, 0.2) is 71.7 Å². The fraction of sp³-hybridized carbons (Fsp3) is 0.273. The standard InChI is InChI=1S/C22H23N3O3/c26-21(20-7-4-11-25(20)15-17-5-2-1-3-6-17)23-19-8-12-24(13-9-19)22(27)18-10-14-28-16-18/h1-7,10-11,14,16,19H,8-9,12-13,15H2,(H,23,26). The number of carbonyl (C=O) groups is 2. The zero-order chi connectivity index (χ0) is 19.3. The summed E-state index contributed by atoms with van der Waals surface area (Å²) >= 11 is 0. The van der Waals surface area contributed by atoms with E-state index in [0.29, 0.717) is 30.9 Å². The number of benzene rings is 1. The summed E-state index contributed by atoms with van der Waals surface area (Å²) in [5.41, 5.74) is 2.38. The molecule has 1 aliphatic heterocycles. The summed E-state index contributed by atoms with van der Waals surface area (Å²) < 4.78 is 6.95. The molecule has 4 rings (SSSR count). The molecule has 1 aromatic carbocycles. The summed E-state index contributed by atoms with van der Waals surface area (Å²) in [6.45, 7) is 1.91. The normalized spacial score (nSPS) is 14.8. The number of carbonyl (C=O) groups excluding carboxylic acids is 2. The predicted molar refractivity (Wildman–Crippen MR) is 105 cm³/mol. The van der Waals surface area contributed by atoms with Crippen LogP contribution in [0, 0.1) is 0 Å². The monoisotopic (exact) mass is 377 g/mol. The van der Waals surface area contributed by atoms with Crippen molar-refractivity contribution in [2.45, 2.75) is 25.4 Å². The molecule has 1 N–H and O–H groups in total. The third-order valence-corrected chi connectivity index (χ3v) is 5.14. The number of amides is 2. The van der Waals surface area contributed by atoms with E-state index in [9.17, 15) is 9.59 Å². The summed E-state index contributed by atoms with van der Waals surface area (Å²) in [5.74, 6) is -0.0872. The summed E-state index contributed by atoms with van der Waals surface area (Å²) in [6, 6.07) is 15.6. The van der Waals surface area contributed by atoms with E-state index in [1.807, 2.05) is 46.0 Å². The SMILES string of the molecule is O=C(NC1CCN(C(=O)c2ccoc2)CC1)c1cccn1Cc1ccccc1. The minimum Gasteiger partial charge on any atom is -0.472 e. The fourth-order valence-corrected chi connectivity index (χ4v) is 3.59. The topological polar surface area (TPSA) is 67.5 Å². The third kappa shape index (κ3) is 4.01. The van der Waals surface area contributed by atoms with Gasteiger partial charge in [0.2, 0.25) is 0 Å². The largest absolute Gasteiger partial charge is 0.472 e. The molecule has 0 saturated carbocycles. The predicted octanol–water partition coefficient (Wildman–Crippen LogP) is 3.16. The van der Waals surface area contributed by atoms with Crippen LogP contribution in [-0.4, -0.2) is 40.4 Å². The Morgan fingerprint density at radius 2 is 1.82 bits per heavy atom. The average Bonchev–Trinajstić information content (AvgIpc) is 3.41. The molecule has 3 aromatic rings. The van der Waals surface area contributed by atoms with Crippen LogP contribution in [0.3, 0.4) is 0 Å². The lowest BCUT2D eigenvalue weighted by molar-refractivity contribution is 0.0697. The second-order valence-corrected chi connectivity index (χ2v) is 7.06. The first-order chi connectivity index (χ1) is 13.7. The lowest BCUT2D eigenvalue weighted by Crippen LogP contribution is -2.46. The smallest absolute Gasteiger partial charge is 0.268 e. The molecule has 0 unspecified atom stereocenters. The maximum atomic E-state index is 12.8. The molecule has 1 aliphatic rings. The highest BCUT2D eigenvalue weighted by Crippen LogP contribution is 2.15. The molecule has 0 spiro atoms. The molecule has 2 aromatic heterocycles.